The highest BCUT2D eigenvalue weighted by atomic mass is 15.3. The van der Waals surface area contributed by atoms with Gasteiger partial charge in [-0.1, -0.05) is 0 Å². The first-order chi connectivity index (χ1) is 2.89. The first kappa shape index (κ1) is 3.14. The van der Waals surface area contributed by atoms with Crippen LogP contribution in [0, 0.1) is 5.41 Å². The lowest BCUT2D eigenvalue weighted by Gasteiger charge is -1.64. The summed E-state index contributed by atoms with van der Waals surface area (Å²) in [5, 5.41) is 13.1. The second kappa shape index (κ2) is 0.965. The van der Waals surface area contributed by atoms with Crippen molar-refractivity contribution in [2.24, 2.45) is 15.2 Å². The molecule has 0 radical (unpaired) electrons. The zero-order valence-electron chi connectivity index (χ0n) is 2.92. The van der Waals surface area contributed by atoms with Crippen molar-refractivity contribution in [2.75, 3.05) is 0 Å². The molecule has 1 aliphatic heterocycles. The molecule has 0 bridgehead atoms. The predicted octanol–water partition coefficient (Wildman–Crippen LogP) is 0.415. The lowest BCUT2D eigenvalue weighted by atomic mass is 11.1. The smallest absolute Gasteiger partial charge is 0.263 e. The van der Waals surface area contributed by atoms with Gasteiger partial charge in [0, 0.05) is 0 Å². The Balaban J connectivity index is 2.86. The van der Waals surface area contributed by atoms with Gasteiger partial charge in [-0.25, -0.2) is 0 Å². The van der Waals surface area contributed by atoms with E-state index in [0.717, 1.165) is 0 Å². The van der Waals surface area contributed by atoms with Gasteiger partial charge in [-0.3, -0.25) is 5.41 Å². The molecule has 0 aromatic carbocycles. The molecule has 4 heteroatoms. The Morgan fingerprint density at radius 1 is 1.67 bits per heavy atom. The molecule has 6 heavy (non-hydrogen) atoms. The van der Waals surface area contributed by atoms with E-state index < -0.39 is 0 Å². The third-order valence-corrected chi connectivity index (χ3v) is 0.384. The van der Waals surface area contributed by atoms with Crippen molar-refractivity contribution in [1.82, 2.24) is 0 Å². The molecular formula is C2H2N4. The van der Waals surface area contributed by atoms with Gasteiger partial charge in [0.1, 0.15) is 6.34 Å². The number of guanidine groups is 1. The van der Waals surface area contributed by atoms with Crippen LogP contribution in [0.5, 0.6) is 0 Å². The van der Waals surface area contributed by atoms with Crippen LogP contribution in [0.2, 0.25) is 0 Å². The monoisotopic (exact) mass is 82.0 g/mol. The van der Waals surface area contributed by atoms with Crippen LogP contribution < -0.4 is 0 Å². The number of hydrogen-bond donors (Lipinski definition) is 1. The van der Waals surface area contributed by atoms with Gasteiger partial charge in [0.05, 0.1) is 0 Å². The molecule has 1 heterocycles. The second-order valence-electron chi connectivity index (χ2n) is 0.784. The van der Waals surface area contributed by atoms with Gasteiger partial charge < -0.3 is 0 Å². The third-order valence-electron chi connectivity index (χ3n) is 0.384. The summed E-state index contributed by atoms with van der Waals surface area (Å²) in [4.78, 5) is 3.36. The van der Waals surface area contributed by atoms with Crippen molar-refractivity contribution < 1.29 is 0 Å². The van der Waals surface area contributed by atoms with E-state index >= 15 is 0 Å². The minimum absolute atomic E-state index is 0.0185. The van der Waals surface area contributed by atoms with Crippen molar-refractivity contribution in [2.45, 2.75) is 0 Å². The number of nitrogens with one attached hydrogen (secondary N) is 1. The largest absolute Gasteiger partial charge is 0.264 e. The Kier molecular flexibility index (Phi) is 0.506. The summed E-state index contributed by atoms with van der Waals surface area (Å²) in [6, 6.07) is 0. The average Bonchev–Trinajstić information content (AvgIpc) is 1.86. The Bertz CT molecular complexity index is 108. The maximum Gasteiger partial charge on any atom is 0.263 e. The number of aliphatic imine (C=N–C) groups is 1. The van der Waals surface area contributed by atoms with Crippen LogP contribution in [0.15, 0.2) is 15.2 Å². The van der Waals surface area contributed by atoms with Crippen molar-refractivity contribution in [3.05, 3.63) is 0 Å². The van der Waals surface area contributed by atoms with Crippen LogP contribution in [-0.2, 0) is 0 Å². The minimum Gasteiger partial charge on any atom is -0.264 e. The molecule has 1 rings (SSSR count). The fourth-order valence-corrected chi connectivity index (χ4v) is 0.187. The van der Waals surface area contributed by atoms with E-state index in [-0.39, 0.29) is 5.96 Å². The second-order valence-corrected chi connectivity index (χ2v) is 0.784. The quantitative estimate of drug-likeness (QED) is 0.440. The van der Waals surface area contributed by atoms with Crippen molar-refractivity contribution in [3.8, 4) is 0 Å². The van der Waals surface area contributed by atoms with Gasteiger partial charge in [0.15, 0.2) is 0 Å². The molecule has 4 nitrogen and oxygen atoms in total. The number of azo groups is 1. The standard InChI is InChI=1S/C2H2N4/c3-2-4-1-5-6-2/h1,3H. The molecule has 0 aromatic rings. The summed E-state index contributed by atoms with van der Waals surface area (Å²) in [6.07, 6.45) is 1.24. The maximum atomic E-state index is 6.59. The molecule has 0 atom stereocenters. The van der Waals surface area contributed by atoms with Gasteiger partial charge in [0.2, 0.25) is 0 Å². The highest BCUT2D eigenvalue weighted by Crippen LogP contribution is 1.85. The van der Waals surface area contributed by atoms with E-state index in [1.54, 1.807) is 0 Å². The molecule has 0 aromatic heterocycles. The Hall–Kier alpha value is -1.06. The molecule has 1 aliphatic rings. The van der Waals surface area contributed by atoms with E-state index in [0.29, 0.717) is 0 Å². The SMILES string of the molecule is N=C1N=CN=N1. The molecular weight excluding hydrogens is 80.1 g/mol. The fraction of sp³-hybridized carbons (Fsp3) is 0. The van der Waals surface area contributed by atoms with Crippen LogP contribution in [-0.4, -0.2) is 12.3 Å². The van der Waals surface area contributed by atoms with Gasteiger partial charge in [-0.15, -0.1) is 10.2 Å². The van der Waals surface area contributed by atoms with Crippen LogP contribution >= 0.6 is 0 Å². The Morgan fingerprint density at radius 2 is 2.50 bits per heavy atom. The van der Waals surface area contributed by atoms with E-state index in [2.05, 4.69) is 15.2 Å². The van der Waals surface area contributed by atoms with E-state index in [4.69, 9.17) is 5.41 Å². The zero-order chi connectivity index (χ0) is 4.41. The van der Waals surface area contributed by atoms with Crippen LogP contribution in [0.1, 0.15) is 0 Å². The molecule has 0 spiro atoms. The van der Waals surface area contributed by atoms with Crippen LogP contribution in [0.25, 0.3) is 0 Å². The van der Waals surface area contributed by atoms with Crippen molar-refractivity contribution in [1.29, 1.82) is 5.41 Å². The van der Waals surface area contributed by atoms with E-state index in [1.165, 1.54) is 6.34 Å². The predicted molar refractivity (Wildman–Crippen MR) is 21.1 cm³/mol. The molecule has 1 N–H and O–H groups in total. The molecule has 0 saturated heterocycles. The number of rotatable bonds is 0. The van der Waals surface area contributed by atoms with Crippen molar-refractivity contribution in [3.63, 3.8) is 0 Å². The van der Waals surface area contributed by atoms with E-state index in [1.807, 2.05) is 0 Å². The van der Waals surface area contributed by atoms with E-state index in [9.17, 15) is 0 Å². The highest BCUT2D eigenvalue weighted by molar-refractivity contribution is 5.89. The zero-order valence-corrected chi connectivity index (χ0v) is 2.92. The van der Waals surface area contributed by atoms with Gasteiger partial charge in [-0.05, 0) is 0 Å². The summed E-state index contributed by atoms with van der Waals surface area (Å²) in [6.45, 7) is 0. The van der Waals surface area contributed by atoms with Crippen molar-refractivity contribution >= 4 is 12.3 Å². The summed E-state index contributed by atoms with van der Waals surface area (Å²) in [5.41, 5.74) is 0. The normalized spacial score (nSPS) is 17.0. The Labute approximate surface area is 34.1 Å². The number of hydrogen-bond acceptors (Lipinski definition) is 2. The summed E-state index contributed by atoms with van der Waals surface area (Å²) >= 11 is 0. The summed E-state index contributed by atoms with van der Waals surface area (Å²) < 4.78 is 0. The molecule has 0 fully saturated rings. The third kappa shape index (κ3) is 0.314. The first-order valence-corrected chi connectivity index (χ1v) is 1.41. The topological polar surface area (TPSA) is 60.9 Å². The Morgan fingerprint density at radius 3 is 2.67 bits per heavy atom. The summed E-state index contributed by atoms with van der Waals surface area (Å²) in [5.74, 6) is -0.0185. The fourth-order valence-electron chi connectivity index (χ4n) is 0.187. The van der Waals surface area contributed by atoms with Gasteiger partial charge in [0.25, 0.3) is 5.96 Å². The maximum absolute atomic E-state index is 6.59. The van der Waals surface area contributed by atoms with Gasteiger partial charge in [-0.2, -0.15) is 4.99 Å². The molecule has 0 unspecified atom stereocenters. The lowest BCUT2D eigenvalue weighted by Crippen LogP contribution is -1.72. The lowest BCUT2D eigenvalue weighted by molar-refractivity contribution is 1.33. The number of nitrogens with zero attached hydrogens (tertiary/aromatic N) is 3. The summed E-state index contributed by atoms with van der Waals surface area (Å²) in [7, 11) is 0. The molecule has 0 saturated carbocycles. The molecule has 30 valence electrons. The average molecular weight is 82.1 g/mol. The molecule has 0 aliphatic carbocycles. The molecule has 0 amide bonds. The highest BCUT2D eigenvalue weighted by Gasteiger charge is 1.88. The van der Waals surface area contributed by atoms with Crippen LogP contribution in [0.3, 0.4) is 0 Å². The minimum atomic E-state index is -0.0185. The van der Waals surface area contributed by atoms with Crippen LogP contribution in [0.4, 0.5) is 0 Å². The first-order valence-electron chi connectivity index (χ1n) is 1.41. The van der Waals surface area contributed by atoms with Gasteiger partial charge >= 0.3 is 0 Å².